The highest BCUT2D eigenvalue weighted by atomic mass is 16.6. The molecule has 0 saturated carbocycles. The summed E-state index contributed by atoms with van der Waals surface area (Å²) in [5.74, 6) is 0.554. The zero-order valence-corrected chi connectivity index (χ0v) is 20.0. The Morgan fingerprint density at radius 1 is 0.972 bits per heavy atom. The number of hydrogen-bond donors (Lipinski definition) is 0. The maximum Gasteiger partial charge on any atom is 0.379 e. The Morgan fingerprint density at radius 2 is 1.72 bits per heavy atom. The van der Waals surface area contributed by atoms with E-state index in [0.29, 0.717) is 40.7 Å². The molecule has 0 N–H and O–H groups in total. The lowest BCUT2D eigenvalue weighted by molar-refractivity contribution is -0.129. The van der Waals surface area contributed by atoms with Gasteiger partial charge in [-0.05, 0) is 55.0 Å². The fourth-order valence-electron chi connectivity index (χ4n) is 3.41. The Hall–Kier alpha value is -4.73. The van der Waals surface area contributed by atoms with Gasteiger partial charge in [0.25, 0.3) is 0 Å². The third-order valence-electron chi connectivity index (χ3n) is 5.03. The number of esters is 2. The molecule has 3 aromatic rings. The van der Waals surface area contributed by atoms with Gasteiger partial charge in [0.2, 0.25) is 17.4 Å². The van der Waals surface area contributed by atoms with Crippen molar-refractivity contribution < 1.29 is 42.4 Å². The molecule has 1 aliphatic rings. The molecule has 0 unspecified atom stereocenters. The molecular formula is C26H23NO9. The fraction of sp³-hybridized carbons (Fsp3) is 0.192. The summed E-state index contributed by atoms with van der Waals surface area (Å²) in [5, 5.41) is 0. The van der Waals surface area contributed by atoms with Crippen LogP contribution in [0, 0.1) is 0 Å². The number of carbonyl (C=O) groups is 2. The normalized spacial score (nSPS) is 13.7. The minimum atomic E-state index is -0.661. The van der Waals surface area contributed by atoms with Gasteiger partial charge in [0.1, 0.15) is 0 Å². The second kappa shape index (κ2) is 10.7. The summed E-state index contributed by atoms with van der Waals surface area (Å²) in [4.78, 5) is 29.1. The van der Waals surface area contributed by atoms with Crippen molar-refractivity contribution in [1.82, 2.24) is 0 Å². The van der Waals surface area contributed by atoms with E-state index in [1.165, 1.54) is 39.7 Å². The van der Waals surface area contributed by atoms with E-state index in [2.05, 4.69) is 4.99 Å². The highest BCUT2D eigenvalue weighted by Gasteiger charge is 2.27. The number of rotatable bonds is 9. The molecule has 36 heavy (non-hydrogen) atoms. The standard InChI is InChI=1S/C26H23NO9/c1-5-33-20-12-15(8-9-18(20)35-26(29)19-7-6-10-34-19)11-17-25(28)36-24(27-17)16-13-21(30-2)23(32-4)22(14-16)31-3/h6-14H,5H2,1-4H3/b17-11+. The van der Waals surface area contributed by atoms with E-state index < -0.39 is 11.9 Å². The molecule has 1 aliphatic heterocycles. The van der Waals surface area contributed by atoms with E-state index in [9.17, 15) is 9.59 Å². The van der Waals surface area contributed by atoms with Gasteiger partial charge in [0, 0.05) is 5.56 Å². The summed E-state index contributed by atoms with van der Waals surface area (Å²) in [6.07, 6.45) is 2.91. The van der Waals surface area contributed by atoms with Crippen LogP contribution in [0.1, 0.15) is 28.6 Å². The van der Waals surface area contributed by atoms with Crippen molar-refractivity contribution in [3.8, 4) is 28.7 Å². The van der Waals surface area contributed by atoms with Crippen molar-refractivity contribution in [1.29, 1.82) is 0 Å². The maximum absolute atomic E-state index is 12.5. The van der Waals surface area contributed by atoms with Gasteiger partial charge in [-0.15, -0.1) is 0 Å². The van der Waals surface area contributed by atoms with Crippen LogP contribution in [-0.2, 0) is 9.53 Å². The monoisotopic (exact) mass is 493 g/mol. The van der Waals surface area contributed by atoms with Crippen LogP contribution in [0.2, 0.25) is 0 Å². The molecular weight excluding hydrogens is 470 g/mol. The molecule has 2 aromatic carbocycles. The Bertz CT molecular complexity index is 1310. The van der Waals surface area contributed by atoms with Gasteiger partial charge in [-0.2, -0.15) is 0 Å². The summed E-state index contributed by atoms with van der Waals surface area (Å²) in [5.41, 5.74) is 1.12. The van der Waals surface area contributed by atoms with Gasteiger partial charge in [-0.1, -0.05) is 6.07 Å². The molecule has 0 saturated heterocycles. The van der Waals surface area contributed by atoms with Gasteiger partial charge in [-0.25, -0.2) is 14.6 Å². The Kier molecular flexibility index (Phi) is 7.24. The van der Waals surface area contributed by atoms with Gasteiger partial charge in [-0.3, -0.25) is 0 Å². The molecule has 10 heteroatoms. The maximum atomic E-state index is 12.5. The molecule has 1 aromatic heterocycles. The molecule has 0 bridgehead atoms. The Balaban J connectivity index is 1.63. The highest BCUT2D eigenvalue weighted by Crippen LogP contribution is 2.39. The number of methoxy groups -OCH3 is 3. The lowest BCUT2D eigenvalue weighted by atomic mass is 10.1. The van der Waals surface area contributed by atoms with Crippen LogP contribution >= 0.6 is 0 Å². The summed E-state index contributed by atoms with van der Waals surface area (Å²) in [6.45, 7) is 2.13. The largest absolute Gasteiger partial charge is 0.493 e. The molecule has 0 fully saturated rings. The number of benzene rings is 2. The predicted molar refractivity (Wildman–Crippen MR) is 128 cm³/mol. The minimum Gasteiger partial charge on any atom is -0.493 e. The number of nitrogens with zero attached hydrogens (tertiary/aromatic N) is 1. The molecule has 0 aliphatic carbocycles. The number of ether oxygens (including phenoxy) is 6. The van der Waals surface area contributed by atoms with Crippen molar-refractivity contribution in [3.05, 3.63) is 71.3 Å². The summed E-state index contributed by atoms with van der Waals surface area (Å²) in [6, 6.07) is 11.2. The topological polar surface area (TPSA) is 115 Å². The zero-order valence-electron chi connectivity index (χ0n) is 20.0. The van der Waals surface area contributed by atoms with Crippen LogP contribution in [0.5, 0.6) is 28.7 Å². The number of aliphatic imine (C=N–C) groups is 1. The van der Waals surface area contributed by atoms with E-state index in [1.54, 1.807) is 43.3 Å². The summed E-state index contributed by atoms with van der Waals surface area (Å²) >= 11 is 0. The lowest BCUT2D eigenvalue weighted by Crippen LogP contribution is -2.08. The smallest absolute Gasteiger partial charge is 0.379 e. The minimum absolute atomic E-state index is 0.0611. The first kappa shape index (κ1) is 24.4. The van der Waals surface area contributed by atoms with Crippen molar-refractivity contribution in [2.75, 3.05) is 27.9 Å². The molecule has 186 valence electrons. The molecule has 0 radical (unpaired) electrons. The first-order chi connectivity index (χ1) is 17.5. The van der Waals surface area contributed by atoms with E-state index in [0.717, 1.165) is 0 Å². The van der Waals surface area contributed by atoms with Crippen molar-refractivity contribution in [2.24, 2.45) is 4.99 Å². The molecule has 10 nitrogen and oxygen atoms in total. The van der Waals surface area contributed by atoms with Crippen LogP contribution in [0.25, 0.3) is 6.08 Å². The second-order valence-corrected chi connectivity index (χ2v) is 7.26. The van der Waals surface area contributed by atoms with Crippen LogP contribution in [0.4, 0.5) is 0 Å². The van der Waals surface area contributed by atoms with Crippen LogP contribution < -0.4 is 23.7 Å². The first-order valence-electron chi connectivity index (χ1n) is 10.8. The third kappa shape index (κ3) is 5.02. The summed E-state index contributed by atoms with van der Waals surface area (Å²) < 4.78 is 37.5. The zero-order chi connectivity index (χ0) is 25.7. The highest BCUT2D eigenvalue weighted by molar-refractivity contribution is 6.13. The van der Waals surface area contributed by atoms with Crippen molar-refractivity contribution in [3.63, 3.8) is 0 Å². The lowest BCUT2D eigenvalue weighted by Gasteiger charge is -2.13. The van der Waals surface area contributed by atoms with Crippen LogP contribution in [0.15, 0.2) is 63.8 Å². The summed E-state index contributed by atoms with van der Waals surface area (Å²) in [7, 11) is 4.47. The van der Waals surface area contributed by atoms with Crippen LogP contribution in [0.3, 0.4) is 0 Å². The van der Waals surface area contributed by atoms with Gasteiger partial charge in [0.05, 0.1) is 34.2 Å². The Labute approximate surface area is 206 Å². The van der Waals surface area contributed by atoms with Gasteiger partial charge < -0.3 is 32.8 Å². The van der Waals surface area contributed by atoms with E-state index in [-0.39, 0.29) is 23.1 Å². The van der Waals surface area contributed by atoms with Crippen LogP contribution in [-0.4, -0.2) is 45.8 Å². The second-order valence-electron chi connectivity index (χ2n) is 7.26. The van der Waals surface area contributed by atoms with E-state index in [4.69, 9.17) is 32.8 Å². The van der Waals surface area contributed by atoms with Gasteiger partial charge >= 0.3 is 11.9 Å². The average molecular weight is 493 g/mol. The average Bonchev–Trinajstić information content (AvgIpc) is 3.55. The molecule has 4 rings (SSSR count). The molecule has 0 amide bonds. The number of hydrogen-bond acceptors (Lipinski definition) is 10. The Morgan fingerprint density at radius 3 is 2.33 bits per heavy atom. The SMILES string of the molecule is CCOc1cc(/C=C2/N=C(c3cc(OC)c(OC)c(OC)c3)OC2=O)ccc1OC(=O)c1ccco1. The number of carbonyl (C=O) groups excluding carboxylic acids is 2. The molecule has 2 heterocycles. The first-order valence-corrected chi connectivity index (χ1v) is 10.8. The number of furan rings is 1. The third-order valence-corrected chi connectivity index (χ3v) is 5.03. The van der Waals surface area contributed by atoms with E-state index in [1.807, 2.05) is 0 Å². The number of cyclic esters (lactones) is 1. The quantitative estimate of drug-likeness (QED) is 0.245. The van der Waals surface area contributed by atoms with Crippen molar-refractivity contribution in [2.45, 2.75) is 6.92 Å². The van der Waals surface area contributed by atoms with Gasteiger partial charge in [0.15, 0.2) is 28.7 Å². The van der Waals surface area contributed by atoms with Crippen molar-refractivity contribution >= 4 is 23.9 Å². The molecule has 0 atom stereocenters. The predicted octanol–water partition coefficient (Wildman–Crippen LogP) is 4.27. The van der Waals surface area contributed by atoms with E-state index >= 15 is 0 Å². The molecule has 0 spiro atoms. The fourth-order valence-corrected chi connectivity index (χ4v) is 3.41.